The third kappa shape index (κ3) is 7.54. The van der Waals surface area contributed by atoms with Gasteiger partial charge in [0.25, 0.3) is 15.9 Å². The van der Waals surface area contributed by atoms with Crippen molar-refractivity contribution in [2.45, 2.75) is 62.7 Å². The zero-order chi connectivity index (χ0) is 27.8. The van der Waals surface area contributed by atoms with Crippen LogP contribution in [0.4, 0.5) is 11.4 Å². The number of piperidine rings is 1. The molecule has 1 aliphatic heterocycles. The molecule has 4 rings (SSSR count). The molecule has 1 atom stereocenters. The van der Waals surface area contributed by atoms with E-state index in [2.05, 4.69) is 22.3 Å². The molecule has 1 heterocycles. The van der Waals surface area contributed by atoms with Gasteiger partial charge in [-0.25, -0.2) is 8.42 Å². The molecule has 0 aliphatic carbocycles. The molecule has 3 amide bonds. The molecule has 1 saturated heterocycles. The maximum atomic E-state index is 13.1. The Kier molecular flexibility index (Phi) is 9.14. The summed E-state index contributed by atoms with van der Waals surface area (Å²) < 4.78 is 28.8. The van der Waals surface area contributed by atoms with Crippen LogP contribution in [0.2, 0.25) is 0 Å². The molecule has 3 aromatic carbocycles. The molecule has 39 heavy (non-hydrogen) atoms. The molecule has 0 saturated carbocycles. The van der Waals surface area contributed by atoms with E-state index in [-0.39, 0.29) is 23.1 Å². The van der Waals surface area contributed by atoms with Crippen molar-refractivity contribution in [2.24, 2.45) is 0 Å². The molecule has 3 aromatic rings. The van der Waals surface area contributed by atoms with Gasteiger partial charge in [-0.3, -0.25) is 24.4 Å². The molecule has 0 bridgehead atoms. The van der Waals surface area contributed by atoms with Gasteiger partial charge >= 0.3 is 0 Å². The lowest BCUT2D eigenvalue weighted by molar-refractivity contribution is -0.134. The van der Waals surface area contributed by atoms with E-state index in [1.807, 2.05) is 12.1 Å². The second-order valence-corrected chi connectivity index (χ2v) is 11.4. The van der Waals surface area contributed by atoms with Crippen molar-refractivity contribution in [1.82, 2.24) is 5.32 Å². The predicted octanol–water partition coefficient (Wildman–Crippen LogP) is 5.38. The lowest BCUT2D eigenvalue weighted by Gasteiger charge is -2.21. The zero-order valence-electron chi connectivity index (χ0n) is 21.9. The Morgan fingerprint density at radius 1 is 0.923 bits per heavy atom. The summed E-state index contributed by atoms with van der Waals surface area (Å²) in [6.45, 7) is 2.18. The number of rotatable bonds is 11. The summed E-state index contributed by atoms with van der Waals surface area (Å²) in [5.74, 6) is -1.56. The first kappa shape index (κ1) is 28.0. The smallest absolute Gasteiger partial charge is 0.261 e. The Balaban J connectivity index is 1.41. The van der Waals surface area contributed by atoms with Crippen LogP contribution in [0.25, 0.3) is 0 Å². The number of hydrogen-bond acceptors (Lipinski definition) is 5. The Hall–Kier alpha value is -3.98. The van der Waals surface area contributed by atoms with E-state index in [1.54, 1.807) is 48.5 Å². The van der Waals surface area contributed by atoms with Gasteiger partial charge in [-0.05, 0) is 72.9 Å². The number of carbonyl (C=O) groups excluding carboxylic acids is 3. The second-order valence-electron chi connectivity index (χ2n) is 9.72. The minimum absolute atomic E-state index is 0.0193. The first-order chi connectivity index (χ1) is 18.7. The minimum atomic E-state index is -3.98. The van der Waals surface area contributed by atoms with Crippen molar-refractivity contribution in [3.05, 3.63) is 89.5 Å². The van der Waals surface area contributed by atoms with Gasteiger partial charge in [0.1, 0.15) is 0 Å². The highest BCUT2D eigenvalue weighted by Crippen LogP contribution is 2.28. The van der Waals surface area contributed by atoms with Gasteiger partial charge in [0.15, 0.2) is 0 Å². The number of benzene rings is 3. The maximum Gasteiger partial charge on any atom is 0.261 e. The Morgan fingerprint density at radius 3 is 2.41 bits per heavy atom. The highest BCUT2D eigenvalue weighted by Gasteiger charge is 2.28. The van der Waals surface area contributed by atoms with Crippen LogP contribution < -0.4 is 15.4 Å². The fraction of sp³-hybridized carbons (Fsp3) is 0.300. The number of aryl methyl sites for hydroxylation is 1. The van der Waals surface area contributed by atoms with Crippen molar-refractivity contribution in [3.63, 3.8) is 0 Å². The van der Waals surface area contributed by atoms with Crippen LogP contribution in [-0.4, -0.2) is 26.1 Å². The number of imide groups is 1. The van der Waals surface area contributed by atoms with Gasteiger partial charge in [0.2, 0.25) is 11.8 Å². The van der Waals surface area contributed by atoms with Crippen LogP contribution in [0.5, 0.6) is 0 Å². The average Bonchev–Trinajstić information content (AvgIpc) is 2.91. The van der Waals surface area contributed by atoms with Crippen molar-refractivity contribution in [2.75, 3.05) is 10.0 Å². The third-order valence-corrected chi connectivity index (χ3v) is 8.10. The lowest BCUT2D eigenvalue weighted by atomic mass is 9.90. The number of unbranched alkanes of at least 4 members (excludes halogenated alkanes) is 3. The largest absolute Gasteiger partial charge is 0.322 e. The van der Waals surface area contributed by atoms with Gasteiger partial charge in [0, 0.05) is 23.4 Å². The number of amides is 3. The van der Waals surface area contributed by atoms with Crippen molar-refractivity contribution < 1.29 is 22.8 Å². The number of carbonyl (C=O) groups is 3. The molecule has 0 aromatic heterocycles. The van der Waals surface area contributed by atoms with E-state index in [9.17, 15) is 22.8 Å². The first-order valence-electron chi connectivity index (χ1n) is 13.2. The highest BCUT2D eigenvalue weighted by molar-refractivity contribution is 7.92. The van der Waals surface area contributed by atoms with Crippen LogP contribution in [0.1, 0.15) is 72.9 Å². The van der Waals surface area contributed by atoms with Gasteiger partial charge in [-0.1, -0.05) is 56.5 Å². The lowest BCUT2D eigenvalue weighted by Crippen LogP contribution is -2.39. The van der Waals surface area contributed by atoms with Gasteiger partial charge in [-0.15, -0.1) is 0 Å². The highest BCUT2D eigenvalue weighted by atomic mass is 32.2. The molecule has 3 N–H and O–H groups in total. The first-order valence-corrected chi connectivity index (χ1v) is 14.7. The number of hydrogen-bond donors (Lipinski definition) is 3. The van der Waals surface area contributed by atoms with Crippen LogP contribution in [0, 0.1) is 0 Å². The van der Waals surface area contributed by atoms with E-state index in [1.165, 1.54) is 37.0 Å². The predicted molar refractivity (Wildman–Crippen MR) is 151 cm³/mol. The molecule has 1 aliphatic rings. The Bertz CT molecular complexity index is 1450. The SMILES string of the molecule is CCCCCCc1ccc(C(=O)Nc2cccc(S(=O)(=O)Nc3cccc(C4CCC(=O)NC4=O)c3)c2)cc1. The normalized spacial score (nSPS) is 15.5. The molecular weight excluding hydrogens is 514 g/mol. The monoisotopic (exact) mass is 547 g/mol. The zero-order valence-corrected chi connectivity index (χ0v) is 22.7. The number of sulfonamides is 1. The average molecular weight is 548 g/mol. The standard InChI is InChI=1S/C30H33N3O5S/c1-2-3-4-5-8-21-13-15-22(16-14-21)29(35)31-24-10-7-12-26(20-24)39(37,38)33-25-11-6-9-23(19-25)27-17-18-28(34)32-30(27)36/h6-7,9-16,19-20,27,33H,2-5,8,17-18H2,1H3,(H,31,35)(H,32,34,36). The van der Waals surface area contributed by atoms with E-state index in [0.717, 1.165) is 12.8 Å². The van der Waals surface area contributed by atoms with Crippen molar-refractivity contribution in [1.29, 1.82) is 0 Å². The van der Waals surface area contributed by atoms with Crippen molar-refractivity contribution in [3.8, 4) is 0 Å². The summed E-state index contributed by atoms with van der Waals surface area (Å²) in [6.07, 6.45) is 6.30. The van der Waals surface area contributed by atoms with Gasteiger partial charge in [-0.2, -0.15) is 0 Å². The summed E-state index contributed by atoms with van der Waals surface area (Å²) in [5.41, 5.74) is 2.94. The Morgan fingerprint density at radius 2 is 1.67 bits per heavy atom. The molecule has 1 unspecified atom stereocenters. The number of nitrogens with one attached hydrogen (secondary N) is 3. The quantitative estimate of drug-likeness (QED) is 0.220. The van der Waals surface area contributed by atoms with Crippen LogP contribution >= 0.6 is 0 Å². The van der Waals surface area contributed by atoms with Crippen LogP contribution in [0.3, 0.4) is 0 Å². The Labute approximate surface area is 229 Å². The van der Waals surface area contributed by atoms with E-state index >= 15 is 0 Å². The fourth-order valence-electron chi connectivity index (χ4n) is 4.57. The fourth-order valence-corrected chi connectivity index (χ4v) is 5.66. The van der Waals surface area contributed by atoms with Crippen molar-refractivity contribution >= 4 is 39.1 Å². The van der Waals surface area contributed by atoms with Gasteiger partial charge < -0.3 is 5.32 Å². The number of anilines is 2. The summed E-state index contributed by atoms with van der Waals surface area (Å²) >= 11 is 0. The third-order valence-electron chi connectivity index (χ3n) is 6.72. The molecule has 1 fully saturated rings. The molecule has 0 spiro atoms. The van der Waals surface area contributed by atoms with E-state index < -0.39 is 21.8 Å². The van der Waals surface area contributed by atoms with Crippen LogP contribution in [-0.2, 0) is 26.0 Å². The molecule has 9 heteroatoms. The summed E-state index contributed by atoms with van der Waals surface area (Å²) in [7, 11) is -3.98. The topological polar surface area (TPSA) is 121 Å². The van der Waals surface area contributed by atoms with Crippen LogP contribution in [0.15, 0.2) is 77.7 Å². The summed E-state index contributed by atoms with van der Waals surface area (Å²) in [6, 6.07) is 20.1. The van der Waals surface area contributed by atoms with E-state index in [4.69, 9.17) is 0 Å². The minimum Gasteiger partial charge on any atom is -0.322 e. The molecule has 0 radical (unpaired) electrons. The maximum absolute atomic E-state index is 13.1. The summed E-state index contributed by atoms with van der Waals surface area (Å²) in [4.78, 5) is 36.4. The molecule has 8 nitrogen and oxygen atoms in total. The molecule has 204 valence electrons. The van der Waals surface area contributed by atoms with E-state index in [0.29, 0.717) is 28.9 Å². The van der Waals surface area contributed by atoms with Gasteiger partial charge in [0.05, 0.1) is 10.8 Å². The molecular formula is C30H33N3O5S. The second kappa shape index (κ2) is 12.7. The summed E-state index contributed by atoms with van der Waals surface area (Å²) in [5, 5.41) is 5.09.